The van der Waals surface area contributed by atoms with E-state index in [-0.39, 0.29) is 5.82 Å². The lowest BCUT2D eigenvalue weighted by atomic mass is 10.0. The summed E-state index contributed by atoms with van der Waals surface area (Å²) < 4.78 is 18.7. The zero-order valence-electron chi connectivity index (χ0n) is 11.8. The van der Waals surface area contributed by atoms with Crippen LogP contribution in [0.2, 0.25) is 0 Å². The molecule has 2 rings (SSSR count). The van der Waals surface area contributed by atoms with Crippen molar-refractivity contribution in [3.63, 3.8) is 0 Å². The van der Waals surface area contributed by atoms with E-state index in [1.54, 1.807) is 19.2 Å². The Morgan fingerprint density at radius 2 is 2.11 bits per heavy atom. The zero-order valence-corrected chi connectivity index (χ0v) is 11.8. The maximum absolute atomic E-state index is 13.4. The molecule has 1 aliphatic heterocycles. The highest BCUT2D eigenvalue weighted by atomic mass is 19.1. The number of rotatable bonds is 5. The van der Waals surface area contributed by atoms with Gasteiger partial charge in [-0.3, -0.25) is 4.90 Å². The van der Waals surface area contributed by atoms with Gasteiger partial charge in [0.25, 0.3) is 0 Å². The maximum atomic E-state index is 13.4. The summed E-state index contributed by atoms with van der Waals surface area (Å²) in [6.45, 7) is 6.03. The lowest BCUT2D eigenvalue weighted by Crippen LogP contribution is -2.42. The zero-order chi connectivity index (χ0) is 13.7. The van der Waals surface area contributed by atoms with E-state index in [9.17, 15) is 4.39 Å². The van der Waals surface area contributed by atoms with Gasteiger partial charge in [0.05, 0.1) is 7.11 Å². The van der Waals surface area contributed by atoms with E-state index in [1.807, 2.05) is 0 Å². The number of halogens is 1. The summed E-state index contributed by atoms with van der Waals surface area (Å²) in [6.07, 6.45) is 2.32. The average molecular weight is 266 g/mol. The predicted molar refractivity (Wildman–Crippen MR) is 74.9 cm³/mol. The van der Waals surface area contributed by atoms with Crippen LogP contribution >= 0.6 is 0 Å². The molecule has 0 saturated carbocycles. The van der Waals surface area contributed by atoms with Gasteiger partial charge in [-0.05, 0) is 50.7 Å². The number of ether oxygens (including phenoxy) is 1. The quantitative estimate of drug-likeness (QED) is 0.885. The Morgan fingerprint density at radius 1 is 1.37 bits per heavy atom. The fourth-order valence-electron chi connectivity index (χ4n) is 2.76. The Morgan fingerprint density at radius 3 is 2.74 bits per heavy atom. The van der Waals surface area contributed by atoms with Crippen molar-refractivity contribution in [1.82, 2.24) is 10.2 Å². The fraction of sp³-hybridized carbons (Fsp3) is 0.600. The molecule has 0 atom stereocenters. The molecule has 0 aromatic heterocycles. The Hall–Kier alpha value is -1.13. The van der Waals surface area contributed by atoms with Gasteiger partial charge in [0.1, 0.15) is 11.6 Å². The number of piperidine rings is 1. The van der Waals surface area contributed by atoms with Crippen LogP contribution in [0.15, 0.2) is 18.2 Å². The first-order valence-electron chi connectivity index (χ1n) is 7.01. The Labute approximate surface area is 114 Å². The second kappa shape index (κ2) is 6.87. The average Bonchev–Trinajstić information content (AvgIpc) is 2.46. The highest BCUT2D eigenvalue weighted by molar-refractivity contribution is 5.33. The molecule has 1 N–H and O–H groups in total. The summed E-state index contributed by atoms with van der Waals surface area (Å²) in [5.41, 5.74) is 0.933. The lowest BCUT2D eigenvalue weighted by Gasteiger charge is -2.34. The van der Waals surface area contributed by atoms with Crippen molar-refractivity contribution in [2.24, 2.45) is 0 Å². The SMILES string of the molecule is CCN(Cc1cc(F)ccc1OC)C1CCNCC1. The lowest BCUT2D eigenvalue weighted by molar-refractivity contribution is 0.160. The molecule has 106 valence electrons. The summed E-state index contributed by atoms with van der Waals surface area (Å²) in [5.74, 6) is 0.575. The molecule has 1 aromatic rings. The van der Waals surface area contributed by atoms with Crippen LogP contribution in [-0.2, 0) is 6.54 Å². The van der Waals surface area contributed by atoms with Crippen molar-refractivity contribution >= 4 is 0 Å². The molecule has 0 unspecified atom stereocenters. The summed E-state index contributed by atoms with van der Waals surface area (Å²) in [6, 6.07) is 5.33. The number of benzene rings is 1. The molecule has 1 aromatic carbocycles. The van der Waals surface area contributed by atoms with Crippen molar-refractivity contribution in [2.45, 2.75) is 32.4 Å². The van der Waals surface area contributed by atoms with Gasteiger partial charge in [-0.2, -0.15) is 0 Å². The third-order valence-electron chi connectivity index (χ3n) is 3.85. The van der Waals surface area contributed by atoms with E-state index in [0.29, 0.717) is 6.04 Å². The van der Waals surface area contributed by atoms with Crippen molar-refractivity contribution in [3.05, 3.63) is 29.6 Å². The van der Waals surface area contributed by atoms with Crippen LogP contribution in [0.4, 0.5) is 4.39 Å². The van der Waals surface area contributed by atoms with Crippen molar-refractivity contribution in [2.75, 3.05) is 26.7 Å². The van der Waals surface area contributed by atoms with Crippen LogP contribution in [0.5, 0.6) is 5.75 Å². The molecular formula is C15H23FN2O. The normalized spacial score (nSPS) is 16.8. The standard InChI is InChI=1S/C15H23FN2O/c1-3-18(14-6-8-17-9-7-14)11-12-10-13(16)4-5-15(12)19-2/h4-5,10,14,17H,3,6-9,11H2,1-2H3. The summed E-state index contributed by atoms with van der Waals surface area (Å²) in [7, 11) is 1.64. The van der Waals surface area contributed by atoms with E-state index in [0.717, 1.165) is 50.3 Å². The molecule has 19 heavy (non-hydrogen) atoms. The Bertz CT molecular complexity index is 405. The second-order valence-electron chi connectivity index (χ2n) is 5.00. The van der Waals surface area contributed by atoms with Crippen LogP contribution in [0.1, 0.15) is 25.3 Å². The van der Waals surface area contributed by atoms with Crippen LogP contribution in [-0.4, -0.2) is 37.7 Å². The number of hydrogen-bond donors (Lipinski definition) is 1. The first-order chi connectivity index (χ1) is 9.24. The molecule has 3 nitrogen and oxygen atoms in total. The third kappa shape index (κ3) is 3.67. The Balaban J connectivity index is 2.10. The number of nitrogens with zero attached hydrogens (tertiary/aromatic N) is 1. The minimum atomic E-state index is -0.197. The maximum Gasteiger partial charge on any atom is 0.123 e. The highest BCUT2D eigenvalue weighted by Gasteiger charge is 2.20. The van der Waals surface area contributed by atoms with Gasteiger partial charge in [0.15, 0.2) is 0 Å². The smallest absolute Gasteiger partial charge is 0.123 e. The minimum Gasteiger partial charge on any atom is -0.496 e. The van der Waals surface area contributed by atoms with Crippen LogP contribution in [0.3, 0.4) is 0 Å². The second-order valence-corrected chi connectivity index (χ2v) is 5.00. The van der Waals surface area contributed by atoms with Crippen LogP contribution in [0, 0.1) is 5.82 Å². The molecule has 0 spiro atoms. The minimum absolute atomic E-state index is 0.197. The summed E-state index contributed by atoms with van der Waals surface area (Å²) in [5, 5.41) is 3.38. The van der Waals surface area contributed by atoms with Crippen molar-refractivity contribution in [3.8, 4) is 5.75 Å². The first kappa shape index (κ1) is 14.3. The molecule has 4 heteroatoms. The summed E-state index contributed by atoms with van der Waals surface area (Å²) in [4.78, 5) is 2.41. The highest BCUT2D eigenvalue weighted by Crippen LogP contribution is 2.23. The molecule has 0 amide bonds. The van der Waals surface area contributed by atoms with Crippen LogP contribution in [0.25, 0.3) is 0 Å². The van der Waals surface area contributed by atoms with E-state index >= 15 is 0 Å². The van der Waals surface area contributed by atoms with Crippen LogP contribution < -0.4 is 10.1 Å². The van der Waals surface area contributed by atoms with Crippen molar-refractivity contribution < 1.29 is 9.13 Å². The monoisotopic (exact) mass is 266 g/mol. The molecule has 1 heterocycles. The predicted octanol–water partition coefficient (Wildman–Crippen LogP) is 2.41. The van der Waals surface area contributed by atoms with E-state index in [2.05, 4.69) is 17.1 Å². The number of hydrogen-bond acceptors (Lipinski definition) is 3. The number of methoxy groups -OCH3 is 1. The molecule has 1 saturated heterocycles. The van der Waals surface area contributed by atoms with Gasteiger partial charge in [-0.1, -0.05) is 6.92 Å². The van der Waals surface area contributed by atoms with Gasteiger partial charge in [-0.15, -0.1) is 0 Å². The molecule has 0 bridgehead atoms. The summed E-state index contributed by atoms with van der Waals surface area (Å²) >= 11 is 0. The Kier molecular flexibility index (Phi) is 5.16. The van der Waals surface area contributed by atoms with Gasteiger partial charge < -0.3 is 10.1 Å². The topological polar surface area (TPSA) is 24.5 Å². The van der Waals surface area contributed by atoms with E-state index in [1.165, 1.54) is 6.07 Å². The van der Waals surface area contributed by atoms with Gasteiger partial charge >= 0.3 is 0 Å². The molecule has 1 aliphatic rings. The van der Waals surface area contributed by atoms with Gasteiger partial charge in [0, 0.05) is 18.2 Å². The van der Waals surface area contributed by atoms with Crippen molar-refractivity contribution in [1.29, 1.82) is 0 Å². The molecular weight excluding hydrogens is 243 g/mol. The third-order valence-corrected chi connectivity index (χ3v) is 3.85. The fourth-order valence-corrected chi connectivity index (χ4v) is 2.76. The number of nitrogens with one attached hydrogen (secondary N) is 1. The van der Waals surface area contributed by atoms with Gasteiger partial charge in [-0.25, -0.2) is 4.39 Å². The van der Waals surface area contributed by atoms with Gasteiger partial charge in [0.2, 0.25) is 0 Å². The molecule has 1 fully saturated rings. The molecule has 0 radical (unpaired) electrons. The largest absolute Gasteiger partial charge is 0.496 e. The molecule has 0 aliphatic carbocycles. The van der Waals surface area contributed by atoms with E-state index < -0.39 is 0 Å². The first-order valence-corrected chi connectivity index (χ1v) is 7.01. The van der Waals surface area contributed by atoms with E-state index in [4.69, 9.17) is 4.74 Å².